The molecule has 0 spiro atoms. The number of nitrogens with one attached hydrogen (secondary N) is 1. The van der Waals surface area contributed by atoms with Gasteiger partial charge in [0.15, 0.2) is 0 Å². The van der Waals surface area contributed by atoms with Gasteiger partial charge in [0.25, 0.3) is 0 Å². The number of halogens is 1. The van der Waals surface area contributed by atoms with Gasteiger partial charge in [0, 0.05) is 5.39 Å². The molecule has 0 radical (unpaired) electrons. The first-order valence-electron chi connectivity index (χ1n) is 5.71. The Bertz CT molecular complexity index is 729. The molecular formula is C12H11ClN2O3S. The quantitative estimate of drug-likeness (QED) is 0.873. The van der Waals surface area contributed by atoms with Gasteiger partial charge in [-0.15, -0.1) is 0 Å². The van der Waals surface area contributed by atoms with Gasteiger partial charge in [0.1, 0.15) is 5.15 Å². The minimum absolute atomic E-state index is 0.135. The molecule has 1 aromatic carbocycles. The fraction of sp³-hybridized carbons (Fsp3) is 0.250. The van der Waals surface area contributed by atoms with E-state index in [9.17, 15) is 8.42 Å². The van der Waals surface area contributed by atoms with Gasteiger partial charge in [0.05, 0.1) is 29.7 Å². The summed E-state index contributed by atoms with van der Waals surface area (Å²) in [6.45, 7) is 0.841. The molecule has 1 aliphatic heterocycles. The molecule has 100 valence electrons. The van der Waals surface area contributed by atoms with E-state index in [0.717, 1.165) is 5.39 Å². The van der Waals surface area contributed by atoms with Crippen molar-refractivity contribution < 1.29 is 13.2 Å². The second-order valence-corrected chi connectivity index (χ2v) is 6.45. The summed E-state index contributed by atoms with van der Waals surface area (Å²) in [5.41, 5.74) is 0.665. The highest BCUT2D eigenvalue weighted by Crippen LogP contribution is 2.20. The maximum atomic E-state index is 12.1. The van der Waals surface area contributed by atoms with E-state index in [4.69, 9.17) is 16.3 Å². The molecule has 19 heavy (non-hydrogen) atoms. The molecule has 1 aliphatic rings. The maximum absolute atomic E-state index is 12.1. The monoisotopic (exact) mass is 298 g/mol. The van der Waals surface area contributed by atoms with Crippen molar-refractivity contribution in [1.29, 1.82) is 0 Å². The number of benzene rings is 1. The van der Waals surface area contributed by atoms with Gasteiger partial charge in [-0.3, -0.25) is 0 Å². The molecule has 1 aromatic heterocycles. The Kier molecular flexibility index (Phi) is 3.18. The van der Waals surface area contributed by atoms with Gasteiger partial charge in [0.2, 0.25) is 10.0 Å². The smallest absolute Gasteiger partial charge is 0.240 e. The lowest BCUT2D eigenvalue weighted by Crippen LogP contribution is -2.48. The molecule has 0 bridgehead atoms. The zero-order valence-corrected chi connectivity index (χ0v) is 11.4. The highest BCUT2D eigenvalue weighted by Gasteiger charge is 2.25. The van der Waals surface area contributed by atoms with Crippen LogP contribution in [-0.2, 0) is 14.8 Å². The zero-order valence-electron chi connectivity index (χ0n) is 9.84. The average Bonchev–Trinajstić information content (AvgIpc) is 2.33. The number of fused-ring (bicyclic) bond motifs is 1. The lowest BCUT2D eigenvalue weighted by Gasteiger charge is -2.26. The lowest BCUT2D eigenvalue weighted by molar-refractivity contribution is 0.00482. The molecule has 0 saturated carbocycles. The van der Waals surface area contributed by atoms with Gasteiger partial charge in [-0.1, -0.05) is 11.6 Å². The van der Waals surface area contributed by atoms with Crippen molar-refractivity contribution in [3.63, 3.8) is 0 Å². The number of aromatic nitrogens is 1. The number of nitrogens with zero attached hydrogens (tertiary/aromatic N) is 1. The van der Waals surface area contributed by atoms with E-state index in [-0.39, 0.29) is 10.9 Å². The predicted molar refractivity (Wildman–Crippen MR) is 71.7 cm³/mol. The van der Waals surface area contributed by atoms with Crippen LogP contribution in [-0.4, -0.2) is 32.7 Å². The van der Waals surface area contributed by atoms with Crippen LogP contribution in [0.3, 0.4) is 0 Å². The summed E-state index contributed by atoms with van der Waals surface area (Å²) in [6, 6.07) is 7.99. The van der Waals surface area contributed by atoms with Crippen LogP contribution < -0.4 is 4.72 Å². The van der Waals surface area contributed by atoms with E-state index in [1.165, 1.54) is 6.07 Å². The normalized spacial score (nSPS) is 16.5. The molecule has 1 fully saturated rings. The molecule has 2 heterocycles. The predicted octanol–water partition coefficient (Wildman–Crippen LogP) is 1.57. The van der Waals surface area contributed by atoms with Crippen molar-refractivity contribution in [2.45, 2.75) is 10.9 Å². The molecule has 0 atom stereocenters. The molecule has 1 N–H and O–H groups in total. The van der Waals surface area contributed by atoms with Gasteiger partial charge in [-0.25, -0.2) is 18.1 Å². The third-order valence-electron chi connectivity index (χ3n) is 2.90. The van der Waals surface area contributed by atoms with E-state index >= 15 is 0 Å². The summed E-state index contributed by atoms with van der Waals surface area (Å²) in [7, 11) is -3.51. The topological polar surface area (TPSA) is 68.3 Å². The largest absolute Gasteiger partial charge is 0.378 e. The van der Waals surface area contributed by atoms with Crippen LogP contribution in [0.25, 0.3) is 10.9 Å². The first kappa shape index (κ1) is 12.8. The Morgan fingerprint density at radius 2 is 2.05 bits per heavy atom. The second-order valence-electron chi connectivity index (χ2n) is 4.34. The molecule has 3 rings (SSSR count). The minimum Gasteiger partial charge on any atom is -0.378 e. The van der Waals surface area contributed by atoms with E-state index in [1.54, 1.807) is 24.3 Å². The standard InChI is InChI=1S/C12H11ClN2O3S/c13-12-4-1-8-5-10(2-3-11(8)14-12)19(16,17)15-9-6-18-7-9/h1-5,9,15H,6-7H2. The Labute approximate surface area is 115 Å². The van der Waals surface area contributed by atoms with Crippen molar-refractivity contribution in [1.82, 2.24) is 9.71 Å². The Balaban J connectivity index is 1.98. The first-order chi connectivity index (χ1) is 9.04. The molecule has 0 unspecified atom stereocenters. The molecule has 2 aromatic rings. The van der Waals surface area contributed by atoms with Gasteiger partial charge >= 0.3 is 0 Å². The number of hydrogen-bond donors (Lipinski definition) is 1. The van der Waals surface area contributed by atoms with Crippen LogP contribution in [0.15, 0.2) is 35.2 Å². The molecule has 5 nitrogen and oxygen atoms in total. The molecule has 7 heteroatoms. The third kappa shape index (κ3) is 2.57. The first-order valence-corrected chi connectivity index (χ1v) is 7.57. The minimum atomic E-state index is -3.51. The summed E-state index contributed by atoms with van der Waals surface area (Å²) in [5, 5.41) is 1.12. The zero-order chi connectivity index (χ0) is 13.5. The number of rotatable bonds is 3. The van der Waals surface area contributed by atoms with Crippen molar-refractivity contribution in [2.75, 3.05) is 13.2 Å². The summed E-state index contributed by atoms with van der Waals surface area (Å²) >= 11 is 5.79. The lowest BCUT2D eigenvalue weighted by atomic mass is 10.2. The van der Waals surface area contributed by atoms with Crippen LogP contribution in [0.4, 0.5) is 0 Å². The number of ether oxygens (including phenoxy) is 1. The van der Waals surface area contributed by atoms with E-state index < -0.39 is 10.0 Å². The number of pyridine rings is 1. The molecule has 0 amide bonds. The molecule has 1 saturated heterocycles. The summed E-state index contributed by atoms with van der Waals surface area (Å²) < 4.78 is 31.8. The third-order valence-corrected chi connectivity index (χ3v) is 4.63. The highest BCUT2D eigenvalue weighted by atomic mass is 35.5. The Morgan fingerprint density at radius 1 is 1.26 bits per heavy atom. The fourth-order valence-electron chi connectivity index (χ4n) is 1.84. The van der Waals surface area contributed by atoms with Gasteiger partial charge in [-0.2, -0.15) is 0 Å². The van der Waals surface area contributed by atoms with Gasteiger partial charge in [-0.05, 0) is 30.3 Å². The van der Waals surface area contributed by atoms with Gasteiger partial charge < -0.3 is 4.74 Å². The van der Waals surface area contributed by atoms with Crippen LogP contribution >= 0.6 is 11.6 Å². The van der Waals surface area contributed by atoms with Crippen molar-refractivity contribution in [3.05, 3.63) is 35.5 Å². The van der Waals surface area contributed by atoms with Crippen LogP contribution in [0.5, 0.6) is 0 Å². The SMILES string of the molecule is O=S(=O)(NC1COC1)c1ccc2nc(Cl)ccc2c1. The fourth-order valence-corrected chi connectivity index (χ4v) is 3.23. The van der Waals surface area contributed by atoms with Crippen molar-refractivity contribution in [3.8, 4) is 0 Å². The Hall–Kier alpha value is -1.21. The van der Waals surface area contributed by atoms with Crippen molar-refractivity contribution >= 4 is 32.5 Å². The summed E-state index contributed by atoms with van der Waals surface area (Å²) in [5.74, 6) is 0. The highest BCUT2D eigenvalue weighted by molar-refractivity contribution is 7.89. The molecular weight excluding hydrogens is 288 g/mol. The van der Waals surface area contributed by atoms with E-state index in [0.29, 0.717) is 23.9 Å². The van der Waals surface area contributed by atoms with Crippen LogP contribution in [0.1, 0.15) is 0 Å². The van der Waals surface area contributed by atoms with Crippen LogP contribution in [0.2, 0.25) is 5.15 Å². The second kappa shape index (κ2) is 4.72. The van der Waals surface area contributed by atoms with E-state index in [1.807, 2.05) is 0 Å². The number of hydrogen-bond acceptors (Lipinski definition) is 4. The molecule has 0 aliphatic carbocycles. The van der Waals surface area contributed by atoms with Crippen molar-refractivity contribution in [2.24, 2.45) is 0 Å². The summed E-state index contributed by atoms with van der Waals surface area (Å²) in [6.07, 6.45) is 0. The van der Waals surface area contributed by atoms with Crippen LogP contribution in [0, 0.1) is 0 Å². The number of sulfonamides is 1. The average molecular weight is 299 g/mol. The maximum Gasteiger partial charge on any atom is 0.240 e. The summed E-state index contributed by atoms with van der Waals surface area (Å²) in [4.78, 5) is 4.34. The Morgan fingerprint density at radius 3 is 2.74 bits per heavy atom. The van der Waals surface area contributed by atoms with E-state index in [2.05, 4.69) is 9.71 Å².